The molecule has 14 heavy (non-hydrogen) atoms. The lowest BCUT2D eigenvalue weighted by Crippen LogP contribution is -2.42. The molecule has 1 aromatic rings. The van der Waals surface area contributed by atoms with Gasteiger partial charge in [-0.2, -0.15) is 0 Å². The van der Waals surface area contributed by atoms with Crippen LogP contribution in [0.4, 0.5) is 0 Å². The number of nitrogens with two attached hydrogens (primary N) is 1. The molecular formula is C11H16ClNO. The minimum atomic E-state index is 0. The quantitative estimate of drug-likeness (QED) is 0.815. The number of hydrogen-bond acceptors (Lipinski definition) is 2. The molecule has 2 nitrogen and oxygen atoms in total. The highest BCUT2D eigenvalue weighted by atomic mass is 35.5. The molecule has 0 heterocycles. The number of hydrogen-bond donors (Lipinski definition) is 1. The third-order valence-corrected chi connectivity index (χ3v) is 3.00. The van der Waals surface area contributed by atoms with Crippen molar-refractivity contribution < 1.29 is 4.74 Å². The van der Waals surface area contributed by atoms with Crippen LogP contribution in [-0.2, 0) is 11.8 Å². The average molecular weight is 214 g/mol. The van der Waals surface area contributed by atoms with Gasteiger partial charge < -0.3 is 10.5 Å². The second kappa shape index (κ2) is 3.79. The molecule has 0 saturated heterocycles. The van der Waals surface area contributed by atoms with E-state index in [1.165, 1.54) is 11.1 Å². The van der Waals surface area contributed by atoms with Gasteiger partial charge >= 0.3 is 0 Å². The Hall–Kier alpha value is -0.730. The molecule has 1 aromatic carbocycles. The molecule has 1 unspecified atom stereocenters. The molecule has 0 amide bonds. The predicted octanol–water partition coefficient (Wildman–Crippen LogP) is 1.89. The molecule has 1 atom stereocenters. The summed E-state index contributed by atoms with van der Waals surface area (Å²) in [6, 6.07) is 6.24. The second-order valence-corrected chi connectivity index (χ2v) is 3.96. The van der Waals surface area contributed by atoms with Gasteiger partial charge in [-0.3, -0.25) is 0 Å². The van der Waals surface area contributed by atoms with E-state index in [1.807, 2.05) is 6.07 Å². The van der Waals surface area contributed by atoms with E-state index in [9.17, 15) is 0 Å². The third-order valence-electron chi connectivity index (χ3n) is 3.00. The lowest BCUT2D eigenvalue weighted by atomic mass is 9.65. The van der Waals surface area contributed by atoms with Crippen LogP contribution < -0.4 is 10.5 Å². The first kappa shape index (κ1) is 11.3. The lowest BCUT2D eigenvalue weighted by Gasteiger charge is -2.40. The van der Waals surface area contributed by atoms with Crippen molar-refractivity contribution >= 4 is 12.4 Å². The highest BCUT2D eigenvalue weighted by Crippen LogP contribution is 2.41. The van der Waals surface area contributed by atoms with E-state index in [1.54, 1.807) is 7.11 Å². The molecule has 0 spiro atoms. The maximum Gasteiger partial charge on any atom is 0.119 e. The summed E-state index contributed by atoms with van der Waals surface area (Å²) in [7, 11) is 1.69. The number of benzene rings is 1. The van der Waals surface area contributed by atoms with Crippen LogP contribution in [0, 0.1) is 0 Å². The predicted molar refractivity (Wildman–Crippen MR) is 60.4 cm³/mol. The number of fused-ring (bicyclic) bond motifs is 1. The Kier molecular flexibility index (Phi) is 3.07. The highest BCUT2D eigenvalue weighted by molar-refractivity contribution is 5.85. The van der Waals surface area contributed by atoms with Crippen molar-refractivity contribution in [1.82, 2.24) is 0 Å². The normalized spacial score (nSPS) is 23.1. The molecule has 0 fully saturated rings. The van der Waals surface area contributed by atoms with Crippen molar-refractivity contribution in [2.24, 2.45) is 5.73 Å². The standard InChI is InChI=1S/C11H15NO.ClH/c1-11(7-12)6-8-3-4-9(13-2)5-10(8)11;/h3-5H,6-7,12H2,1-2H3;1H. The van der Waals surface area contributed by atoms with Crippen LogP contribution in [0.2, 0.25) is 0 Å². The van der Waals surface area contributed by atoms with Crippen LogP contribution in [0.25, 0.3) is 0 Å². The first-order valence-corrected chi connectivity index (χ1v) is 4.57. The molecule has 2 rings (SSSR count). The summed E-state index contributed by atoms with van der Waals surface area (Å²) in [5.41, 5.74) is 8.68. The van der Waals surface area contributed by atoms with Gasteiger partial charge in [-0.1, -0.05) is 13.0 Å². The summed E-state index contributed by atoms with van der Waals surface area (Å²) >= 11 is 0. The number of rotatable bonds is 2. The smallest absolute Gasteiger partial charge is 0.119 e. The molecule has 1 aliphatic rings. The van der Waals surface area contributed by atoms with Crippen molar-refractivity contribution in [3.8, 4) is 5.75 Å². The molecule has 0 saturated carbocycles. The fourth-order valence-electron chi connectivity index (χ4n) is 1.99. The summed E-state index contributed by atoms with van der Waals surface area (Å²) in [4.78, 5) is 0. The van der Waals surface area contributed by atoms with Gasteiger partial charge in [-0.15, -0.1) is 12.4 Å². The van der Waals surface area contributed by atoms with E-state index < -0.39 is 0 Å². The van der Waals surface area contributed by atoms with Crippen molar-refractivity contribution in [3.63, 3.8) is 0 Å². The molecule has 0 bridgehead atoms. The van der Waals surface area contributed by atoms with E-state index in [0.717, 1.165) is 12.2 Å². The van der Waals surface area contributed by atoms with Gasteiger partial charge in [0.1, 0.15) is 5.75 Å². The molecular weight excluding hydrogens is 198 g/mol. The third kappa shape index (κ3) is 1.49. The summed E-state index contributed by atoms with van der Waals surface area (Å²) in [5.74, 6) is 0.929. The Labute approximate surface area is 90.9 Å². The van der Waals surface area contributed by atoms with Crippen LogP contribution in [0.5, 0.6) is 5.75 Å². The molecule has 3 heteroatoms. The second-order valence-electron chi connectivity index (χ2n) is 3.96. The molecule has 78 valence electrons. The maximum atomic E-state index is 5.73. The van der Waals surface area contributed by atoms with Crippen molar-refractivity contribution in [2.45, 2.75) is 18.8 Å². The summed E-state index contributed by atoms with van der Waals surface area (Å²) < 4.78 is 5.18. The van der Waals surface area contributed by atoms with Crippen LogP contribution >= 0.6 is 12.4 Å². The van der Waals surface area contributed by atoms with Crippen molar-refractivity contribution in [2.75, 3.05) is 13.7 Å². The number of methoxy groups -OCH3 is 1. The van der Waals surface area contributed by atoms with Crippen LogP contribution in [0.1, 0.15) is 18.1 Å². The maximum absolute atomic E-state index is 5.73. The van der Waals surface area contributed by atoms with Gasteiger partial charge in [0.25, 0.3) is 0 Å². The summed E-state index contributed by atoms with van der Waals surface area (Å²) in [6.45, 7) is 2.92. The molecule has 0 aromatic heterocycles. The largest absolute Gasteiger partial charge is 0.497 e. The van der Waals surface area contributed by atoms with Gasteiger partial charge in [0.2, 0.25) is 0 Å². The van der Waals surface area contributed by atoms with E-state index in [-0.39, 0.29) is 17.8 Å². The van der Waals surface area contributed by atoms with Crippen molar-refractivity contribution in [1.29, 1.82) is 0 Å². The zero-order chi connectivity index (χ0) is 9.47. The first-order valence-electron chi connectivity index (χ1n) is 4.57. The Morgan fingerprint density at radius 3 is 2.79 bits per heavy atom. The van der Waals surface area contributed by atoms with E-state index in [2.05, 4.69) is 19.1 Å². The van der Waals surface area contributed by atoms with Crippen LogP contribution in [-0.4, -0.2) is 13.7 Å². The highest BCUT2D eigenvalue weighted by Gasteiger charge is 2.37. The summed E-state index contributed by atoms with van der Waals surface area (Å²) in [5, 5.41) is 0. The monoisotopic (exact) mass is 213 g/mol. The Morgan fingerprint density at radius 1 is 1.50 bits per heavy atom. The van der Waals surface area contributed by atoms with Gasteiger partial charge in [-0.05, 0) is 29.7 Å². The molecule has 0 aliphatic heterocycles. The van der Waals surface area contributed by atoms with Gasteiger partial charge in [0.15, 0.2) is 0 Å². The van der Waals surface area contributed by atoms with E-state index >= 15 is 0 Å². The average Bonchev–Trinajstić information content (AvgIpc) is 2.16. The first-order chi connectivity index (χ1) is 6.19. The number of ether oxygens (including phenoxy) is 1. The SMILES string of the molecule is COc1ccc2c(c1)C(C)(CN)C2.Cl. The van der Waals surface area contributed by atoms with E-state index in [0.29, 0.717) is 6.54 Å². The topological polar surface area (TPSA) is 35.2 Å². The Balaban J connectivity index is 0.000000980. The van der Waals surface area contributed by atoms with Gasteiger partial charge in [0, 0.05) is 12.0 Å². The Morgan fingerprint density at radius 2 is 2.21 bits per heavy atom. The molecule has 1 aliphatic carbocycles. The zero-order valence-electron chi connectivity index (χ0n) is 8.54. The number of halogens is 1. The fraction of sp³-hybridized carbons (Fsp3) is 0.455. The van der Waals surface area contributed by atoms with Crippen LogP contribution in [0.3, 0.4) is 0 Å². The van der Waals surface area contributed by atoms with Gasteiger partial charge in [-0.25, -0.2) is 0 Å². The lowest BCUT2D eigenvalue weighted by molar-refractivity contribution is 0.394. The summed E-state index contributed by atoms with van der Waals surface area (Å²) in [6.07, 6.45) is 1.10. The van der Waals surface area contributed by atoms with E-state index in [4.69, 9.17) is 10.5 Å². The van der Waals surface area contributed by atoms with Crippen LogP contribution in [0.15, 0.2) is 18.2 Å². The minimum absolute atomic E-state index is 0. The van der Waals surface area contributed by atoms with Gasteiger partial charge in [0.05, 0.1) is 7.11 Å². The minimum Gasteiger partial charge on any atom is -0.497 e. The molecule has 2 N–H and O–H groups in total. The molecule has 0 radical (unpaired) electrons. The Bertz CT molecular complexity index is 340. The fourth-order valence-corrected chi connectivity index (χ4v) is 1.99. The van der Waals surface area contributed by atoms with Crippen molar-refractivity contribution in [3.05, 3.63) is 29.3 Å². The zero-order valence-corrected chi connectivity index (χ0v) is 9.36.